The number of carbonyl (C=O) groups is 2. The average molecular weight is 319 g/mol. The first-order valence-corrected chi connectivity index (χ1v) is 8.73. The van der Waals surface area contributed by atoms with Crippen molar-refractivity contribution in [2.75, 3.05) is 12.3 Å². The normalized spacial score (nSPS) is 17.6. The van der Waals surface area contributed by atoms with Crippen LogP contribution in [0.5, 0.6) is 0 Å². The Morgan fingerprint density at radius 2 is 1.77 bits per heavy atom. The first kappa shape index (κ1) is 17.1. The number of benzene rings is 1. The van der Waals surface area contributed by atoms with Gasteiger partial charge in [0.05, 0.1) is 5.41 Å². The number of rotatable bonds is 4. The zero-order chi connectivity index (χ0) is 16.5. The van der Waals surface area contributed by atoms with Gasteiger partial charge in [0.2, 0.25) is 5.91 Å². The van der Waals surface area contributed by atoms with Gasteiger partial charge in [-0.1, -0.05) is 39.0 Å². The van der Waals surface area contributed by atoms with Crippen LogP contribution in [0.1, 0.15) is 57.0 Å². The van der Waals surface area contributed by atoms with E-state index in [2.05, 4.69) is 20.8 Å². The minimum atomic E-state index is -0.637. The average Bonchev–Trinajstić information content (AvgIpc) is 2.44. The van der Waals surface area contributed by atoms with Gasteiger partial charge in [0, 0.05) is 16.9 Å². The van der Waals surface area contributed by atoms with E-state index in [-0.39, 0.29) is 16.6 Å². The van der Waals surface area contributed by atoms with Crippen molar-refractivity contribution < 1.29 is 9.59 Å². The summed E-state index contributed by atoms with van der Waals surface area (Å²) in [6.45, 7) is 10.8. The van der Waals surface area contributed by atoms with Crippen LogP contribution < -0.4 is 0 Å². The fourth-order valence-corrected chi connectivity index (χ4v) is 3.59. The molecule has 22 heavy (non-hydrogen) atoms. The third-order valence-corrected chi connectivity index (χ3v) is 5.28. The van der Waals surface area contributed by atoms with Crippen LogP contribution in [0.2, 0.25) is 0 Å². The van der Waals surface area contributed by atoms with Crippen molar-refractivity contribution in [1.29, 1.82) is 0 Å². The van der Waals surface area contributed by atoms with Crippen molar-refractivity contribution in [3.8, 4) is 0 Å². The molecule has 120 valence electrons. The summed E-state index contributed by atoms with van der Waals surface area (Å²) < 4.78 is 0.210. The second kappa shape index (κ2) is 6.07. The van der Waals surface area contributed by atoms with Gasteiger partial charge in [0.15, 0.2) is 0 Å². The molecule has 0 radical (unpaired) electrons. The monoisotopic (exact) mass is 319 g/mol. The Morgan fingerprint density at radius 1 is 1.14 bits per heavy atom. The Balaban J connectivity index is 2.14. The molecular weight excluding hydrogens is 294 g/mol. The third-order valence-electron chi connectivity index (χ3n) is 3.92. The highest BCUT2D eigenvalue weighted by molar-refractivity contribution is 8.00. The van der Waals surface area contributed by atoms with Crippen LogP contribution >= 0.6 is 11.8 Å². The van der Waals surface area contributed by atoms with Crippen molar-refractivity contribution in [1.82, 2.24) is 4.90 Å². The second-order valence-corrected chi connectivity index (χ2v) is 9.17. The van der Waals surface area contributed by atoms with Crippen molar-refractivity contribution in [3.63, 3.8) is 0 Å². The first-order valence-electron chi connectivity index (χ1n) is 7.74. The standard InChI is InChI=1S/C18H25NO2S/c1-17(2,3)22-12-8-11-19-15(20)13-9-6-7-10-14(13)18(4,5)16(19)21/h6-7,9-10H,8,11-12H2,1-5H3. The predicted octanol–water partition coefficient (Wildman–Crippen LogP) is 3.87. The lowest BCUT2D eigenvalue weighted by Crippen LogP contribution is -2.52. The highest BCUT2D eigenvalue weighted by Crippen LogP contribution is 2.34. The van der Waals surface area contributed by atoms with Crippen molar-refractivity contribution in [2.45, 2.75) is 51.2 Å². The van der Waals surface area contributed by atoms with Crippen molar-refractivity contribution in [3.05, 3.63) is 35.4 Å². The topological polar surface area (TPSA) is 37.4 Å². The zero-order valence-corrected chi connectivity index (χ0v) is 14.9. The summed E-state index contributed by atoms with van der Waals surface area (Å²) in [7, 11) is 0. The number of fused-ring (bicyclic) bond motifs is 1. The maximum absolute atomic E-state index is 12.7. The Hall–Kier alpha value is -1.29. The third kappa shape index (κ3) is 3.37. The Morgan fingerprint density at radius 3 is 2.41 bits per heavy atom. The smallest absolute Gasteiger partial charge is 0.260 e. The van der Waals surface area contributed by atoms with Gasteiger partial charge in [0.1, 0.15) is 0 Å². The van der Waals surface area contributed by atoms with E-state index in [1.54, 1.807) is 0 Å². The van der Waals surface area contributed by atoms with E-state index in [9.17, 15) is 9.59 Å². The molecule has 0 fully saturated rings. The summed E-state index contributed by atoms with van der Waals surface area (Å²) in [6.07, 6.45) is 0.831. The van der Waals surface area contributed by atoms with E-state index in [4.69, 9.17) is 0 Å². The molecule has 1 aliphatic heterocycles. The molecule has 0 unspecified atom stereocenters. The molecule has 0 saturated heterocycles. The fraction of sp³-hybridized carbons (Fsp3) is 0.556. The summed E-state index contributed by atoms with van der Waals surface area (Å²) in [6, 6.07) is 7.45. The van der Waals surface area contributed by atoms with Crippen LogP contribution in [-0.2, 0) is 10.2 Å². The molecule has 2 rings (SSSR count). The number of hydrogen-bond donors (Lipinski definition) is 0. The van der Waals surface area contributed by atoms with Gasteiger partial charge in [-0.3, -0.25) is 14.5 Å². The summed E-state index contributed by atoms with van der Waals surface area (Å²) in [5.41, 5.74) is 0.864. The molecule has 0 spiro atoms. The fourth-order valence-electron chi connectivity index (χ4n) is 2.71. The molecule has 1 heterocycles. The van der Waals surface area contributed by atoms with Gasteiger partial charge < -0.3 is 0 Å². The lowest BCUT2D eigenvalue weighted by molar-refractivity contribution is -0.134. The number of amides is 2. The molecule has 1 aromatic rings. The zero-order valence-electron chi connectivity index (χ0n) is 14.1. The lowest BCUT2D eigenvalue weighted by atomic mass is 9.77. The molecule has 1 aromatic carbocycles. The quantitative estimate of drug-likeness (QED) is 0.624. The molecular formula is C18H25NO2S. The van der Waals surface area contributed by atoms with E-state index >= 15 is 0 Å². The Kier molecular flexibility index (Phi) is 4.71. The van der Waals surface area contributed by atoms with Gasteiger partial charge in [-0.15, -0.1) is 0 Å². The van der Waals surface area contributed by atoms with Crippen LogP contribution in [-0.4, -0.2) is 33.8 Å². The number of thioether (sulfide) groups is 1. The largest absolute Gasteiger partial charge is 0.278 e. The number of nitrogens with zero attached hydrogens (tertiary/aromatic N) is 1. The number of imide groups is 1. The molecule has 0 N–H and O–H groups in total. The number of carbonyl (C=O) groups excluding carboxylic acids is 2. The second-order valence-electron chi connectivity index (χ2n) is 7.25. The molecule has 4 heteroatoms. The van der Waals surface area contributed by atoms with E-state index in [1.165, 1.54) is 4.90 Å². The van der Waals surface area contributed by atoms with Gasteiger partial charge in [-0.2, -0.15) is 11.8 Å². The van der Waals surface area contributed by atoms with E-state index < -0.39 is 5.41 Å². The van der Waals surface area contributed by atoms with Crippen molar-refractivity contribution >= 4 is 23.6 Å². The summed E-state index contributed by atoms with van der Waals surface area (Å²) in [4.78, 5) is 26.7. The van der Waals surface area contributed by atoms with E-state index in [1.807, 2.05) is 49.9 Å². The maximum atomic E-state index is 12.7. The Labute approximate surface area is 137 Å². The minimum Gasteiger partial charge on any atom is -0.278 e. The molecule has 2 amide bonds. The van der Waals surface area contributed by atoms with Crippen molar-refractivity contribution in [2.24, 2.45) is 0 Å². The van der Waals surface area contributed by atoms with Gasteiger partial charge in [-0.05, 0) is 37.7 Å². The SMILES string of the molecule is CC(C)(C)SCCCN1C(=O)c2ccccc2C(C)(C)C1=O. The molecule has 0 aromatic heterocycles. The molecule has 0 aliphatic carbocycles. The van der Waals surface area contributed by atoms with E-state index in [0.717, 1.165) is 17.7 Å². The van der Waals surface area contributed by atoms with Crippen LogP contribution in [0.3, 0.4) is 0 Å². The summed E-state index contributed by atoms with van der Waals surface area (Å²) in [5, 5.41) is 0. The number of hydrogen-bond acceptors (Lipinski definition) is 3. The molecule has 3 nitrogen and oxygen atoms in total. The van der Waals surface area contributed by atoms with E-state index in [0.29, 0.717) is 12.1 Å². The highest BCUT2D eigenvalue weighted by atomic mass is 32.2. The summed E-state index contributed by atoms with van der Waals surface area (Å²) >= 11 is 1.86. The minimum absolute atomic E-state index is 0.0861. The Bertz CT molecular complexity index is 587. The lowest BCUT2D eigenvalue weighted by Gasteiger charge is -2.37. The molecule has 0 bridgehead atoms. The van der Waals surface area contributed by atoms with Crippen LogP contribution in [0, 0.1) is 0 Å². The van der Waals surface area contributed by atoms with Crippen LogP contribution in [0.15, 0.2) is 24.3 Å². The van der Waals surface area contributed by atoms with Gasteiger partial charge >= 0.3 is 0 Å². The summed E-state index contributed by atoms with van der Waals surface area (Å²) in [5.74, 6) is 0.709. The molecule has 1 aliphatic rings. The maximum Gasteiger partial charge on any atom is 0.260 e. The van der Waals surface area contributed by atoms with Gasteiger partial charge in [0.25, 0.3) is 5.91 Å². The first-order chi connectivity index (χ1) is 10.1. The highest BCUT2D eigenvalue weighted by Gasteiger charge is 2.43. The molecule has 0 atom stereocenters. The predicted molar refractivity (Wildman–Crippen MR) is 92.3 cm³/mol. The van der Waals surface area contributed by atoms with Crippen LogP contribution in [0.4, 0.5) is 0 Å². The molecule has 0 saturated carbocycles. The van der Waals surface area contributed by atoms with Gasteiger partial charge in [-0.25, -0.2) is 0 Å². The van der Waals surface area contributed by atoms with Crippen LogP contribution in [0.25, 0.3) is 0 Å².